The van der Waals surface area contributed by atoms with Crippen molar-refractivity contribution >= 4 is 28.4 Å². The van der Waals surface area contributed by atoms with Crippen LogP contribution in [0.25, 0.3) is 22.2 Å². The number of fused-ring (bicyclic) bond motifs is 1. The molecule has 3 aromatic heterocycles. The molecule has 9 nitrogen and oxygen atoms in total. The van der Waals surface area contributed by atoms with Crippen LogP contribution in [-0.2, 0) is 25.0 Å². The fourth-order valence-electron chi connectivity index (χ4n) is 4.38. The highest BCUT2D eigenvalue weighted by atomic mass is 35.5. The van der Waals surface area contributed by atoms with E-state index < -0.39 is 12.7 Å². The summed E-state index contributed by atoms with van der Waals surface area (Å²) in [4.78, 5) is 23.3. The van der Waals surface area contributed by atoms with Crippen LogP contribution in [-0.4, -0.2) is 60.0 Å². The van der Waals surface area contributed by atoms with Gasteiger partial charge in [0.1, 0.15) is 17.9 Å². The number of aliphatic hydroxyl groups is 2. The van der Waals surface area contributed by atoms with E-state index in [1.54, 1.807) is 26.2 Å². The van der Waals surface area contributed by atoms with E-state index >= 15 is 0 Å². The quantitative estimate of drug-likeness (QED) is 0.315. The lowest BCUT2D eigenvalue weighted by Crippen LogP contribution is -2.40. The van der Waals surface area contributed by atoms with Crippen LogP contribution in [0, 0.1) is 12.8 Å². The highest BCUT2D eigenvalue weighted by Crippen LogP contribution is 2.34. The van der Waals surface area contributed by atoms with Crippen LogP contribution >= 0.6 is 11.6 Å². The van der Waals surface area contributed by atoms with Gasteiger partial charge in [0.25, 0.3) is 0 Å². The fraction of sp³-hybridized carbons (Fsp3) is 0.357. The molecule has 0 aliphatic rings. The van der Waals surface area contributed by atoms with Crippen molar-refractivity contribution in [1.29, 1.82) is 0 Å². The summed E-state index contributed by atoms with van der Waals surface area (Å²) in [5.74, 6) is 0.159. The number of carbonyl (C=O) groups is 1. The molecule has 200 valence electrons. The number of rotatable bonds is 10. The van der Waals surface area contributed by atoms with Crippen molar-refractivity contribution in [2.45, 2.75) is 40.0 Å². The van der Waals surface area contributed by atoms with Gasteiger partial charge in [-0.1, -0.05) is 37.6 Å². The standard InChI is InChI=1S/C28H32ClN5O4/c1-17(2)28(37)34(14-20(36)15-35)13-19-11-30-12-24(29)23(19)16-38-26-7-5-6-21-22(10-18(3)32-27(21)26)25-8-9-31-33(25)4/h5-12,17,20,35-36H,13-16H2,1-4H3. The van der Waals surface area contributed by atoms with Gasteiger partial charge in [0.15, 0.2) is 0 Å². The number of aliphatic hydroxyl groups excluding tert-OH is 2. The van der Waals surface area contributed by atoms with Gasteiger partial charge in [-0.15, -0.1) is 0 Å². The Balaban J connectivity index is 1.66. The van der Waals surface area contributed by atoms with Crippen molar-refractivity contribution in [3.8, 4) is 17.0 Å². The molecule has 10 heteroatoms. The average molecular weight is 538 g/mol. The van der Waals surface area contributed by atoms with Crippen LogP contribution in [0.1, 0.15) is 30.7 Å². The Morgan fingerprint density at radius 2 is 2.03 bits per heavy atom. The van der Waals surface area contributed by atoms with E-state index in [4.69, 9.17) is 21.3 Å². The molecule has 4 aromatic rings. The summed E-state index contributed by atoms with van der Waals surface area (Å²) in [5.41, 5.74) is 4.91. The summed E-state index contributed by atoms with van der Waals surface area (Å²) in [6.45, 7) is 5.35. The van der Waals surface area contributed by atoms with E-state index in [0.717, 1.165) is 27.9 Å². The topological polar surface area (TPSA) is 114 Å². The minimum atomic E-state index is -1.05. The molecule has 0 radical (unpaired) electrons. The van der Waals surface area contributed by atoms with E-state index in [-0.39, 0.29) is 31.5 Å². The molecule has 3 heterocycles. The largest absolute Gasteiger partial charge is 0.487 e. The van der Waals surface area contributed by atoms with Gasteiger partial charge in [-0.25, -0.2) is 4.98 Å². The molecule has 0 fully saturated rings. The minimum Gasteiger partial charge on any atom is -0.487 e. The van der Waals surface area contributed by atoms with Crippen molar-refractivity contribution in [2.24, 2.45) is 13.0 Å². The molecular weight excluding hydrogens is 506 g/mol. The Hall–Kier alpha value is -3.53. The monoisotopic (exact) mass is 537 g/mol. The highest BCUT2D eigenvalue weighted by Gasteiger charge is 2.22. The Bertz CT molecular complexity index is 1440. The number of hydrogen-bond donors (Lipinski definition) is 2. The smallest absolute Gasteiger partial charge is 0.225 e. The number of ether oxygens (including phenoxy) is 1. The Morgan fingerprint density at radius 1 is 1.24 bits per heavy atom. The highest BCUT2D eigenvalue weighted by molar-refractivity contribution is 6.31. The molecule has 4 rings (SSSR count). The molecule has 0 aliphatic carbocycles. The lowest BCUT2D eigenvalue weighted by atomic mass is 10.0. The third kappa shape index (κ3) is 5.96. The Labute approximate surface area is 226 Å². The second-order valence-corrected chi connectivity index (χ2v) is 9.97. The zero-order valence-corrected chi connectivity index (χ0v) is 22.7. The Kier molecular flexibility index (Phi) is 8.61. The van der Waals surface area contributed by atoms with E-state index in [9.17, 15) is 15.0 Å². The summed E-state index contributed by atoms with van der Waals surface area (Å²) in [6, 6.07) is 9.78. The number of pyridine rings is 2. The first-order valence-corrected chi connectivity index (χ1v) is 12.8. The number of aromatic nitrogens is 4. The Morgan fingerprint density at radius 3 is 2.71 bits per heavy atom. The SMILES string of the molecule is Cc1cc(-c2ccnn2C)c2cccc(OCc3c(Cl)cncc3CN(CC(O)CO)C(=O)C(C)C)c2n1. The van der Waals surface area contributed by atoms with E-state index in [1.807, 2.05) is 49.0 Å². The molecule has 38 heavy (non-hydrogen) atoms. The molecule has 1 atom stereocenters. The van der Waals surface area contributed by atoms with E-state index in [0.29, 0.717) is 21.9 Å². The zero-order chi connectivity index (χ0) is 27.4. The van der Waals surface area contributed by atoms with Crippen LogP contribution in [0.3, 0.4) is 0 Å². The second kappa shape index (κ2) is 11.9. The summed E-state index contributed by atoms with van der Waals surface area (Å²) >= 11 is 6.55. The van der Waals surface area contributed by atoms with Gasteiger partial charge in [0, 0.05) is 66.9 Å². The van der Waals surface area contributed by atoms with Crippen LogP contribution < -0.4 is 4.74 Å². The minimum absolute atomic E-state index is 0.0103. The molecular formula is C28H32ClN5O4. The van der Waals surface area contributed by atoms with Gasteiger partial charge >= 0.3 is 0 Å². The summed E-state index contributed by atoms with van der Waals surface area (Å²) in [6.07, 6.45) is 3.88. The first kappa shape index (κ1) is 27.5. The first-order valence-electron chi connectivity index (χ1n) is 12.4. The number of carbonyl (C=O) groups excluding carboxylic acids is 1. The molecule has 0 saturated carbocycles. The molecule has 0 saturated heterocycles. The number of halogens is 1. The van der Waals surface area contributed by atoms with Gasteiger partial charge in [-0.05, 0) is 30.7 Å². The van der Waals surface area contributed by atoms with E-state index in [2.05, 4.69) is 10.1 Å². The summed E-state index contributed by atoms with van der Waals surface area (Å²) < 4.78 is 8.11. The number of aryl methyl sites for hydroxylation is 2. The van der Waals surface area contributed by atoms with Crippen molar-refractivity contribution in [3.63, 3.8) is 0 Å². The van der Waals surface area contributed by atoms with Crippen molar-refractivity contribution in [3.05, 3.63) is 70.8 Å². The predicted octanol–water partition coefficient (Wildman–Crippen LogP) is 3.91. The average Bonchev–Trinajstić information content (AvgIpc) is 3.32. The third-order valence-corrected chi connectivity index (χ3v) is 6.63. The van der Waals surface area contributed by atoms with Gasteiger partial charge in [0.2, 0.25) is 5.91 Å². The number of benzene rings is 1. The van der Waals surface area contributed by atoms with Gasteiger partial charge in [-0.3, -0.25) is 14.5 Å². The third-order valence-electron chi connectivity index (χ3n) is 6.30. The molecule has 0 bridgehead atoms. The van der Waals surface area contributed by atoms with E-state index in [1.165, 1.54) is 11.1 Å². The molecule has 0 spiro atoms. The first-order chi connectivity index (χ1) is 18.2. The molecule has 1 unspecified atom stereocenters. The zero-order valence-electron chi connectivity index (χ0n) is 21.9. The van der Waals surface area contributed by atoms with Gasteiger partial charge < -0.3 is 19.8 Å². The van der Waals surface area contributed by atoms with Crippen LogP contribution in [0.4, 0.5) is 0 Å². The van der Waals surface area contributed by atoms with Crippen molar-refractivity contribution in [2.75, 3.05) is 13.2 Å². The number of hydrogen-bond acceptors (Lipinski definition) is 7. The molecule has 2 N–H and O–H groups in total. The maximum absolute atomic E-state index is 12.8. The van der Waals surface area contributed by atoms with Gasteiger partial charge in [-0.2, -0.15) is 5.10 Å². The molecule has 0 aliphatic heterocycles. The van der Waals surface area contributed by atoms with Crippen molar-refractivity contribution in [1.82, 2.24) is 24.6 Å². The predicted molar refractivity (Wildman–Crippen MR) is 146 cm³/mol. The lowest BCUT2D eigenvalue weighted by molar-refractivity contribution is -0.137. The summed E-state index contributed by atoms with van der Waals surface area (Å²) in [5, 5.41) is 25.0. The maximum Gasteiger partial charge on any atom is 0.225 e. The lowest BCUT2D eigenvalue weighted by Gasteiger charge is -2.27. The van der Waals surface area contributed by atoms with Crippen LogP contribution in [0.2, 0.25) is 5.02 Å². The molecule has 1 aromatic carbocycles. The number of nitrogens with zero attached hydrogens (tertiary/aromatic N) is 5. The summed E-state index contributed by atoms with van der Waals surface area (Å²) in [7, 11) is 1.90. The van der Waals surface area contributed by atoms with Gasteiger partial charge in [0.05, 0.1) is 23.4 Å². The molecule has 1 amide bonds. The number of para-hydroxylation sites is 1. The fourth-order valence-corrected chi connectivity index (χ4v) is 4.61. The maximum atomic E-state index is 12.8. The van der Waals surface area contributed by atoms with Crippen LogP contribution in [0.15, 0.2) is 48.9 Å². The normalized spacial score (nSPS) is 12.2. The second-order valence-electron chi connectivity index (χ2n) is 9.56. The number of amides is 1. The van der Waals surface area contributed by atoms with Crippen LogP contribution in [0.5, 0.6) is 5.75 Å². The van der Waals surface area contributed by atoms with Crippen molar-refractivity contribution < 1.29 is 19.7 Å².